The highest BCUT2D eigenvalue weighted by Crippen LogP contribution is 2.19. The Labute approximate surface area is 190 Å². The molecule has 2 N–H and O–H groups in total. The standard InChI is InChI=1S/C26H20N4O3/c1-17-6-12-21(13-7-17)28-24(31)16-33-26(32)19-10-8-18(9-11-19)14-20(15-27)25-29-22-4-2-3-5-23(22)30-25/h2-14H,16H2,1H3,(H,28,31)(H,29,30)/b20-14-. The number of carbonyl (C=O) groups is 2. The zero-order chi connectivity index (χ0) is 23.2. The number of anilines is 1. The average Bonchev–Trinajstić information content (AvgIpc) is 3.27. The highest BCUT2D eigenvalue weighted by Gasteiger charge is 2.11. The van der Waals surface area contributed by atoms with Crippen LogP contribution in [0.5, 0.6) is 0 Å². The Balaban J connectivity index is 1.38. The second kappa shape index (κ2) is 9.62. The molecule has 33 heavy (non-hydrogen) atoms. The van der Waals surface area contributed by atoms with E-state index < -0.39 is 11.9 Å². The second-order valence-corrected chi connectivity index (χ2v) is 7.38. The SMILES string of the molecule is Cc1ccc(NC(=O)COC(=O)c2ccc(/C=C(/C#N)c3nc4ccccc4[nH]3)cc2)cc1. The molecule has 0 atom stereocenters. The molecule has 1 aromatic heterocycles. The number of imidazole rings is 1. The number of rotatable bonds is 6. The van der Waals surface area contributed by atoms with E-state index in [2.05, 4.69) is 21.4 Å². The van der Waals surface area contributed by atoms with Gasteiger partial charge in [0.15, 0.2) is 6.61 Å². The number of esters is 1. The van der Waals surface area contributed by atoms with Gasteiger partial charge in [0.2, 0.25) is 0 Å². The van der Waals surface area contributed by atoms with Crippen molar-refractivity contribution in [3.8, 4) is 6.07 Å². The number of aryl methyl sites for hydroxylation is 1. The van der Waals surface area contributed by atoms with Crippen LogP contribution in [-0.2, 0) is 9.53 Å². The third-order valence-electron chi connectivity index (χ3n) is 4.89. The van der Waals surface area contributed by atoms with Crippen LogP contribution in [0.3, 0.4) is 0 Å². The molecule has 0 saturated heterocycles. The van der Waals surface area contributed by atoms with Gasteiger partial charge >= 0.3 is 5.97 Å². The number of para-hydroxylation sites is 2. The largest absolute Gasteiger partial charge is 0.452 e. The van der Waals surface area contributed by atoms with Crippen molar-refractivity contribution in [2.45, 2.75) is 6.92 Å². The quantitative estimate of drug-likeness (QED) is 0.336. The molecular weight excluding hydrogens is 416 g/mol. The molecule has 0 aliphatic heterocycles. The number of nitrogens with one attached hydrogen (secondary N) is 2. The molecule has 1 heterocycles. The lowest BCUT2D eigenvalue weighted by Crippen LogP contribution is -2.20. The molecule has 0 bridgehead atoms. The lowest BCUT2D eigenvalue weighted by Gasteiger charge is -2.07. The second-order valence-electron chi connectivity index (χ2n) is 7.38. The summed E-state index contributed by atoms with van der Waals surface area (Å²) in [6.07, 6.45) is 1.68. The van der Waals surface area contributed by atoms with E-state index in [0.29, 0.717) is 22.6 Å². The normalized spacial score (nSPS) is 11.1. The smallest absolute Gasteiger partial charge is 0.338 e. The first kappa shape index (κ1) is 21.5. The Morgan fingerprint density at radius 1 is 1.06 bits per heavy atom. The predicted molar refractivity (Wildman–Crippen MR) is 126 cm³/mol. The van der Waals surface area contributed by atoms with Crippen molar-refractivity contribution < 1.29 is 14.3 Å². The topological polar surface area (TPSA) is 108 Å². The molecule has 0 saturated carbocycles. The van der Waals surface area contributed by atoms with Crippen molar-refractivity contribution in [3.05, 3.63) is 95.3 Å². The van der Waals surface area contributed by atoms with Gasteiger partial charge in [-0.05, 0) is 55.0 Å². The summed E-state index contributed by atoms with van der Waals surface area (Å²) in [5.74, 6) is -0.555. The summed E-state index contributed by atoms with van der Waals surface area (Å²) in [7, 11) is 0. The third kappa shape index (κ3) is 5.32. The van der Waals surface area contributed by atoms with Crippen LogP contribution in [-0.4, -0.2) is 28.5 Å². The number of hydrogen-bond donors (Lipinski definition) is 2. The lowest BCUT2D eigenvalue weighted by molar-refractivity contribution is -0.119. The minimum atomic E-state index is -0.609. The van der Waals surface area contributed by atoms with E-state index in [1.165, 1.54) is 0 Å². The van der Waals surface area contributed by atoms with Crippen LogP contribution in [0.1, 0.15) is 27.3 Å². The molecule has 3 aromatic carbocycles. The number of nitrogens with zero attached hydrogens (tertiary/aromatic N) is 2. The summed E-state index contributed by atoms with van der Waals surface area (Å²) in [5, 5.41) is 12.2. The minimum absolute atomic E-state index is 0.303. The first-order chi connectivity index (χ1) is 16.0. The fraction of sp³-hybridized carbons (Fsp3) is 0.0769. The van der Waals surface area contributed by atoms with E-state index >= 15 is 0 Å². The molecule has 0 fully saturated rings. The monoisotopic (exact) mass is 436 g/mol. The van der Waals surface area contributed by atoms with Gasteiger partial charge in [0.05, 0.1) is 22.2 Å². The number of H-pyrrole nitrogens is 1. The zero-order valence-corrected chi connectivity index (χ0v) is 17.8. The maximum atomic E-state index is 12.3. The molecule has 7 heteroatoms. The highest BCUT2D eigenvalue weighted by molar-refractivity contribution is 5.96. The number of ether oxygens (including phenoxy) is 1. The molecule has 0 unspecified atom stereocenters. The number of benzene rings is 3. The minimum Gasteiger partial charge on any atom is -0.452 e. The summed E-state index contributed by atoms with van der Waals surface area (Å²) in [6, 6.07) is 23.6. The van der Waals surface area contributed by atoms with Gasteiger partial charge in [-0.25, -0.2) is 9.78 Å². The number of carbonyl (C=O) groups excluding carboxylic acids is 2. The van der Waals surface area contributed by atoms with Gasteiger partial charge in [-0.3, -0.25) is 4.79 Å². The Hall–Kier alpha value is -4.70. The Morgan fingerprint density at radius 3 is 2.48 bits per heavy atom. The molecule has 162 valence electrons. The lowest BCUT2D eigenvalue weighted by atomic mass is 10.1. The van der Waals surface area contributed by atoms with Gasteiger partial charge in [0.25, 0.3) is 5.91 Å². The van der Waals surface area contributed by atoms with Gasteiger partial charge in [0, 0.05) is 5.69 Å². The fourth-order valence-corrected chi connectivity index (χ4v) is 3.16. The van der Waals surface area contributed by atoms with Crippen molar-refractivity contribution in [2.24, 2.45) is 0 Å². The summed E-state index contributed by atoms with van der Waals surface area (Å²) >= 11 is 0. The average molecular weight is 436 g/mol. The fourth-order valence-electron chi connectivity index (χ4n) is 3.16. The number of hydrogen-bond acceptors (Lipinski definition) is 5. The third-order valence-corrected chi connectivity index (χ3v) is 4.89. The molecule has 0 aliphatic carbocycles. The number of amides is 1. The van der Waals surface area contributed by atoms with Gasteiger partial charge in [0.1, 0.15) is 11.9 Å². The first-order valence-electron chi connectivity index (χ1n) is 10.2. The summed E-state index contributed by atoms with van der Waals surface area (Å²) < 4.78 is 5.10. The van der Waals surface area contributed by atoms with Crippen molar-refractivity contribution in [2.75, 3.05) is 11.9 Å². The van der Waals surface area contributed by atoms with Crippen LogP contribution in [0.15, 0.2) is 72.8 Å². The molecule has 4 rings (SSSR count). The van der Waals surface area contributed by atoms with E-state index in [-0.39, 0.29) is 6.61 Å². The van der Waals surface area contributed by atoms with Crippen molar-refractivity contribution >= 4 is 40.2 Å². The Bertz CT molecular complexity index is 1340. The highest BCUT2D eigenvalue weighted by atomic mass is 16.5. The van der Waals surface area contributed by atoms with Crippen LogP contribution in [0, 0.1) is 18.3 Å². The Kier molecular flexibility index (Phi) is 6.28. The molecule has 0 radical (unpaired) electrons. The van der Waals surface area contributed by atoms with E-state index in [9.17, 15) is 14.9 Å². The van der Waals surface area contributed by atoms with Crippen molar-refractivity contribution in [1.82, 2.24) is 9.97 Å². The van der Waals surface area contributed by atoms with Gasteiger partial charge < -0.3 is 15.0 Å². The maximum absolute atomic E-state index is 12.3. The van der Waals surface area contributed by atoms with Gasteiger partial charge in [-0.2, -0.15) is 5.26 Å². The van der Waals surface area contributed by atoms with E-state index in [1.807, 2.05) is 43.3 Å². The van der Waals surface area contributed by atoms with Gasteiger partial charge in [-0.15, -0.1) is 0 Å². The summed E-state index contributed by atoms with van der Waals surface area (Å²) in [6.45, 7) is 1.56. The van der Waals surface area contributed by atoms with Crippen molar-refractivity contribution in [1.29, 1.82) is 5.26 Å². The summed E-state index contributed by atoms with van der Waals surface area (Å²) in [5.41, 5.74) is 4.73. The molecule has 7 nitrogen and oxygen atoms in total. The van der Waals surface area contributed by atoms with Crippen LogP contribution in [0.4, 0.5) is 5.69 Å². The van der Waals surface area contributed by atoms with Crippen LogP contribution in [0.2, 0.25) is 0 Å². The van der Waals surface area contributed by atoms with E-state index in [4.69, 9.17) is 4.74 Å². The number of aromatic nitrogens is 2. The number of aromatic amines is 1. The molecule has 0 aliphatic rings. The Morgan fingerprint density at radius 2 is 1.79 bits per heavy atom. The number of fused-ring (bicyclic) bond motifs is 1. The predicted octanol–water partition coefficient (Wildman–Crippen LogP) is 4.73. The molecule has 4 aromatic rings. The summed E-state index contributed by atoms with van der Waals surface area (Å²) in [4.78, 5) is 31.8. The molecule has 0 spiro atoms. The maximum Gasteiger partial charge on any atom is 0.338 e. The van der Waals surface area contributed by atoms with Crippen molar-refractivity contribution in [3.63, 3.8) is 0 Å². The first-order valence-corrected chi connectivity index (χ1v) is 10.2. The molecular formula is C26H20N4O3. The van der Waals surface area contributed by atoms with E-state index in [1.54, 1.807) is 42.5 Å². The molecule has 1 amide bonds. The van der Waals surface area contributed by atoms with Crippen LogP contribution < -0.4 is 5.32 Å². The zero-order valence-electron chi connectivity index (χ0n) is 17.8. The van der Waals surface area contributed by atoms with Crippen LogP contribution >= 0.6 is 0 Å². The van der Waals surface area contributed by atoms with E-state index in [0.717, 1.165) is 22.2 Å². The number of allylic oxidation sites excluding steroid dienone is 1. The number of nitriles is 1. The van der Waals surface area contributed by atoms with Gasteiger partial charge in [-0.1, -0.05) is 42.0 Å². The van der Waals surface area contributed by atoms with Crippen LogP contribution in [0.25, 0.3) is 22.7 Å².